The lowest BCUT2D eigenvalue weighted by Crippen LogP contribution is -2.54. The molecule has 0 bridgehead atoms. The summed E-state index contributed by atoms with van der Waals surface area (Å²) in [4.78, 5) is 6.49. The fraction of sp³-hybridized carbons (Fsp3) is 0.591. The molecule has 3 aliphatic rings. The zero-order valence-electron chi connectivity index (χ0n) is 15.5. The molecule has 0 N–H and O–H groups in total. The molecule has 0 aromatic rings. The van der Waals surface area contributed by atoms with Crippen molar-refractivity contribution in [1.29, 1.82) is 0 Å². The van der Waals surface area contributed by atoms with Crippen molar-refractivity contribution in [1.82, 2.24) is 4.90 Å². The first-order valence-electron chi connectivity index (χ1n) is 9.39. The summed E-state index contributed by atoms with van der Waals surface area (Å²) in [6.45, 7) is 9.58. The lowest BCUT2D eigenvalue weighted by atomic mass is 9.49. The average Bonchev–Trinajstić information content (AvgIpc) is 2.71. The summed E-state index contributed by atoms with van der Waals surface area (Å²) in [5.41, 5.74) is 2.47. The topological polar surface area (TPSA) is 15.6 Å². The fourth-order valence-corrected chi connectivity index (χ4v) is 5.23. The van der Waals surface area contributed by atoms with Crippen molar-refractivity contribution in [3.63, 3.8) is 0 Å². The van der Waals surface area contributed by atoms with E-state index in [1.165, 1.54) is 37.7 Å². The second-order valence-electron chi connectivity index (χ2n) is 8.36. The average molecular weight is 325 g/mol. The maximum atomic E-state index is 4.21. The Hall–Kier alpha value is -1.57. The van der Waals surface area contributed by atoms with Crippen LogP contribution in [-0.4, -0.2) is 24.8 Å². The molecule has 130 valence electrons. The van der Waals surface area contributed by atoms with Crippen LogP contribution in [0.5, 0.6) is 0 Å². The Bertz CT molecular complexity index is 597. The van der Waals surface area contributed by atoms with Crippen LogP contribution >= 0.6 is 0 Å². The molecule has 0 radical (unpaired) electrons. The Labute approximate surface area is 147 Å². The van der Waals surface area contributed by atoms with Gasteiger partial charge in [-0.25, -0.2) is 4.99 Å². The summed E-state index contributed by atoms with van der Waals surface area (Å²) in [7, 11) is 2.16. The molecule has 24 heavy (non-hydrogen) atoms. The summed E-state index contributed by atoms with van der Waals surface area (Å²) in [6.07, 6.45) is 21.8. The van der Waals surface area contributed by atoms with Gasteiger partial charge < -0.3 is 4.90 Å². The van der Waals surface area contributed by atoms with Gasteiger partial charge in [0.2, 0.25) is 0 Å². The third kappa shape index (κ3) is 3.03. The van der Waals surface area contributed by atoms with Crippen LogP contribution in [0.1, 0.15) is 46.0 Å². The van der Waals surface area contributed by atoms with Crippen LogP contribution in [0.2, 0.25) is 0 Å². The van der Waals surface area contributed by atoms with Crippen molar-refractivity contribution in [2.75, 3.05) is 13.6 Å². The third-order valence-electron chi connectivity index (χ3n) is 6.87. The molecule has 0 saturated heterocycles. The van der Waals surface area contributed by atoms with Crippen molar-refractivity contribution in [2.24, 2.45) is 27.7 Å². The summed E-state index contributed by atoms with van der Waals surface area (Å²) in [5, 5.41) is 0. The first kappa shape index (κ1) is 17.3. The van der Waals surface area contributed by atoms with Crippen LogP contribution < -0.4 is 0 Å². The highest BCUT2D eigenvalue weighted by Gasteiger charge is 2.63. The molecule has 3 rings (SSSR count). The van der Waals surface area contributed by atoms with E-state index in [9.17, 15) is 0 Å². The second-order valence-corrected chi connectivity index (χ2v) is 8.36. The first-order valence-corrected chi connectivity index (χ1v) is 9.39. The molecular weight excluding hydrogens is 292 g/mol. The van der Waals surface area contributed by atoms with E-state index < -0.39 is 0 Å². The highest BCUT2D eigenvalue weighted by Crippen LogP contribution is 2.70. The van der Waals surface area contributed by atoms with Crippen LogP contribution in [0.15, 0.2) is 53.7 Å². The Morgan fingerprint density at radius 1 is 1.33 bits per heavy atom. The molecule has 0 spiro atoms. The monoisotopic (exact) mass is 324 g/mol. The van der Waals surface area contributed by atoms with Crippen molar-refractivity contribution in [3.05, 3.63) is 48.7 Å². The van der Waals surface area contributed by atoms with Gasteiger partial charge in [0.1, 0.15) is 0 Å². The quantitative estimate of drug-likeness (QED) is 0.474. The van der Waals surface area contributed by atoms with Gasteiger partial charge >= 0.3 is 0 Å². The van der Waals surface area contributed by atoms with Crippen LogP contribution in [0.4, 0.5) is 0 Å². The summed E-state index contributed by atoms with van der Waals surface area (Å²) in [5.74, 6) is 1.33. The van der Waals surface area contributed by atoms with Gasteiger partial charge in [0.15, 0.2) is 0 Å². The van der Waals surface area contributed by atoms with Crippen LogP contribution in [-0.2, 0) is 0 Å². The predicted molar refractivity (Wildman–Crippen MR) is 104 cm³/mol. The SMILES string of the molecule is C=CN=CN(C)CC12CCC1(C)CCC2CC1=CC=CC(C)C=C1. The summed E-state index contributed by atoms with van der Waals surface area (Å²) in [6, 6.07) is 0. The lowest BCUT2D eigenvalue weighted by Gasteiger charge is -2.58. The van der Waals surface area contributed by atoms with Crippen LogP contribution in [0.3, 0.4) is 0 Å². The van der Waals surface area contributed by atoms with Crippen molar-refractivity contribution < 1.29 is 0 Å². The van der Waals surface area contributed by atoms with E-state index in [1.807, 2.05) is 6.34 Å². The number of hydrogen-bond donors (Lipinski definition) is 0. The molecule has 0 amide bonds. The molecule has 2 heteroatoms. The van der Waals surface area contributed by atoms with Gasteiger partial charge in [0, 0.05) is 19.8 Å². The highest BCUT2D eigenvalue weighted by molar-refractivity contribution is 5.55. The molecule has 0 aliphatic heterocycles. The van der Waals surface area contributed by atoms with E-state index >= 15 is 0 Å². The van der Waals surface area contributed by atoms with E-state index in [-0.39, 0.29) is 0 Å². The maximum absolute atomic E-state index is 4.21. The van der Waals surface area contributed by atoms with E-state index in [4.69, 9.17) is 0 Å². The fourth-order valence-electron chi connectivity index (χ4n) is 5.23. The Balaban J connectivity index is 1.76. The minimum Gasteiger partial charge on any atom is -0.365 e. The molecular formula is C22H32N2. The normalized spacial score (nSPS) is 37.7. The number of allylic oxidation sites excluding steroid dienone is 6. The van der Waals surface area contributed by atoms with Crippen LogP contribution in [0, 0.1) is 22.7 Å². The number of hydrogen-bond acceptors (Lipinski definition) is 1. The Morgan fingerprint density at radius 3 is 2.88 bits per heavy atom. The minimum atomic E-state index is 0.450. The highest BCUT2D eigenvalue weighted by atomic mass is 15.1. The molecule has 4 atom stereocenters. The summed E-state index contributed by atoms with van der Waals surface area (Å²) < 4.78 is 0. The van der Waals surface area contributed by atoms with E-state index in [2.05, 4.69) is 67.7 Å². The number of nitrogens with zero attached hydrogens (tertiary/aromatic N) is 2. The number of aliphatic imine (C=N–C) groups is 1. The molecule has 0 aromatic heterocycles. The van der Waals surface area contributed by atoms with Crippen LogP contribution in [0.25, 0.3) is 0 Å². The summed E-state index contributed by atoms with van der Waals surface area (Å²) >= 11 is 0. The molecule has 2 nitrogen and oxygen atoms in total. The van der Waals surface area contributed by atoms with Gasteiger partial charge in [-0.2, -0.15) is 0 Å². The maximum Gasteiger partial charge on any atom is 0.0902 e. The molecule has 0 heterocycles. The second kappa shape index (κ2) is 6.74. The van der Waals surface area contributed by atoms with Crippen molar-refractivity contribution in [2.45, 2.75) is 46.0 Å². The van der Waals surface area contributed by atoms with Gasteiger partial charge in [0.25, 0.3) is 0 Å². The third-order valence-corrected chi connectivity index (χ3v) is 6.87. The predicted octanol–water partition coefficient (Wildman–Crippen LogP) is 5.37. The van der Waals surface area contributed by atoms with Gasteiger partial charge in [-0.3, -0.25) is 0 Å². The molecule has 2 fully saturated rings. The zero-order valence-corrected chi connectivity index (χ0v) is 15.5. The Kier molecular flexibility index (Phi) is 4.85. The van der Waals surface area contributed by atoms with Crippen molar-refractivity contribution in [3.8, 4) is 0 Å². The van der Waals surface area contributed by atoms with E-state index in [1.54, 1.807) is 6.20 Å². The number of rotatable bonds is 6. The van der Waals surface area contributed by atoms with Gasteiger partial charge in [0.05, 0.1) is 6.34 Å². The van der Waals surface area contributed by atoms with E-state index in [0.29, 0.717) is 16.7 Å². The minimum absolute atomic E-state index is 0.450. The molecule has 3 aliphatic carbocycles. The standard InChI is InChI=1S/C22H32N2/c1-5-23-17-24(4)16-22-14-13-21(22,3)12-11-20(22)15-19-8-6-7-18(2)9-10-19/h5-10,17-18,20H,1,11-16H2,2-4H3. The van der Waals surface area contributed by atoms with Crippen molar-refractivity contribution >= 4 is 6.34 Å². The number of fused-ring (bicyclic) bond motifs is 1. The van der Waals surface area contributed by atoms with Gasteiger partial charge in [-0.1, -0.05) is 50.8 Å². The largest absolute Gasteiger partial charge is 0.365 e. The first-order chi connectivity index (χ1) is 11.5. The molecule has 2 saturated carbocycles. The van der Waals surface area contributed by atoms with E-state index in [0.717, 1.165) is 12.5 Å². The van der Waals surface area contributed by atoms with Gasteiger partial charge in [-0.05, 0) is 60.3 Å². The molecule has 4 unspecified atom stereocenters. The molecule has 0 aromatic carbocycles. The lowest BCUT2D eigenvalue weighted by molar-refractivity contribution is -0.0756. The smallest absolute Gasteiger partial charge is 0.0902 e. The zero-order chi connectivity index (χ0) is 17.2. The van der Waals surface area contributed by atoms with Gasteiger partial charge in [-0.15, -0.1) is 0 Å². The Morgan fingerprint density at radius 2 is 2.17 bits per heavy atom.